The van der Waals surface area contributed by atoms with Crippen LogP contribution in [-0.4, -0.2) is 40.5 Å². The molecule has 3 N–H and O–H groups in total. The molecule has 3 atom stereocenters. The van der Waals surface area contributed by atoms with Crippen molar-refractivity contribution in [3.05, 3.63) is 134 Å². The molecule has 0 bridgehead atoms. The Hall–Kier alpha value is -3.98. The molecule has 0 radical (unpaired) electrons. The molecule has 1 saturated heterocycles. The van der Waals surface area contributed by atoms with Gasteiger partial charge in [0.15, 0.2) is 0 Å². The third-order valence-electron chi connectivity index (χ3n) is 7.17. The van der Waals surface area contributed by atoms with Crippen LogP contribution in [0.4, 0.5) is 0 Å². The van der Waals surface area contributed by atoms with Crippen molar-refractivity contribution >= 4 is 0 Å². The second-order valence-corrected chi connectivity index (χ2v) is 9.50. The smallest absolute Gasteiger partial charge is 0.330 e. The number of aliphatic hydroxyl groups is 1. The van der Waals surface area contributed by atoms with Crippen molar-refractivity contribution in [1.29, 1.82) is 0 Å². The van der Waals surface area contributed by atoms with Crippen molar-refractivity contribution in [2.75, 3.05) is 13.7 Å². The number of aryl methyl sites for hydroxylation is 1. The molecule has 5 rings (SSSR count). The molecule has 0 amide bonds. The molecule has 196 valence electrons. The van der Waals surface area contributed by atoms with E-state index in [0.29, 0.717) is 12.1 Å². The summed E-state index contributed by atoms with van der Waals surface area (Å²) in [5.41, 5.74) is 1.68. The quantitative estimate of drug-likeness (QED) is 0.313. The molecule has 8 nitrogen and oxygen atoms in total. The lowest BCUT2D eigenvalue weighted by molar-refractivity contribution is -0.0213. The summed E-state index contributed by atoms with van der Waals surface area (Å²) < 4.78 is 12.9. The van der Waals surface area contributed by atoms with E-state index in [0.717, 1.165) is 22.4 Å². The van der Waals surface area contributed by atoms with Crippen molar-refractivity contribution in [1.82, 2.24) is 14.9 Å². The largest absolute Gasteiger partial charge is 0.497 e. The van der Waals surface area contributed by atoms with Gasteiger partial charge in [-0.25, -0.2) is 4.79 Å². The normalized spacial score (nSPS) is 19.4. The number of methoxy groups -OCH3 is 1. The van der Waals surface area contributed by atoms with Crippen LogP contribution in [0.2, 0.25) is 0 Å². The first-order chi connectivity index (χ1) is 18.4. The van der Waals surface area contributed by atoms with E-state index in [2.05, 4.69) is 34.6 Å². The van der Waals surface area contributed by atoms with Crippen LogP contribution in [0.3, 0.4) is 0 Å². The molecular formula is C30H31N3O5. The summed E-state index contributed by atoms with van der Waals surface area (Å²) in [7, 11) is 1.64. The Morgan fingerprint density at radius 1 is 0.974 bits per heavy atom. The number of nitrogens with one attached hydrogen (secondary N) is 2. The minimum Gasteiger partial charge on any atom is -0.497 e. The lowest BCUT2D eigenvalue weighted by Crippen LogP contribution is -2.49. The van der Waals surface area contributed by atoms with E-state index >= 15 is 0 Å². The maximum absolute atomic E-state index is 12.4. The Balaban J connectivity index is 1.52. The van der Waals surface area contributed by atoms with Gasteiger partial charge in [0.1, 0.15) is 12.0 Å². The number of ether oxygens (including phenoxy) is 2. The molecule has 4 aromatic rings. The Labute approximate surface area is 220 Å². The first-order valence-electron chi connectivity index (χ1n) is 12.6. The number of nitrogens with zero attached hydrogens (tertiary/aromatic N) is 1. The van der Waals surface area contributed by atoms with Crippen molar-refractivity contribution < 1.29 is 14.6 Å². The fourth-order valence-corrected chi connectivity index (χ4v) is 5.15. The molecule has 0 aliphatic carbocycles. The average molecular weight is 514 g/mol. The zero-order chi connectivity index (χ0) is 26.7. The van der Waals surface area contributed by atoms with E-state index in [1.165, 1.54) is 10.8 Å². The Morgan fingerprint density at radius 3 is 2.13 bits per heavy atom. The number of aromatic nitrogens is 2. The van der Waals surface area contributed by atoms with Gasteiger partial charge < -0.3 is 14.6 Å². The number of hydrogen-bond acceptors (Lipinski definition) is 6. The number of aromatic amines is 1. The molecule has 2 heterocycles. The molecule has 38 heavy (non-hydrogen) atoms. The summed E-state index contributed by atoms with van der Waals surface area (Å²) >= 11 is 0. The monoisotopic (exact) mass is 513 g/mol. The van der Waals surface area contributed by atoms with Crippen molar-refractivity contribution in [2.45, 2.75) is 37.3 Å². The average Bonchev–Trinajstić information content (AvgIpc) is 3.32. The minimum atomic E-state index is -0.813. The zero-order valence-corrected chi connectivity index (χ0v) is 21.3. The molecule has 1 aliphatic heterocycles. The Bertz CT molecular complexity index is 1440. The number of hydrogen-bond donors (Lipinski definition) is 3. The van der Waals surface area contributed by atoms with E-state index in [4.69, 9.17) is 9.47 Å². The van der Waals surface area contributed by atoms with Crippen LogP contribution in [0.5, 0.6) is 5.75 Å². The zero-order valence-electron chi connectivity index (χ0n) is 21.3. The van der Waals surface area contributed by atoms with Gasteiger partial charge in [-0.1, -0.05) is 72.8 Å². The summed E-state index contributed by atoms with van der Waals surface area (Å²) in [6.45, 7) is 1.92. The van der Waals surface area contributed by atoms with Crippen LogP contribution in [-0.2, 0) is 10.3 Å². The van der Waals surface area contributed by atoms with Crippen molar-refractivity contribution in [2.24, 2.45) is 0 Å². The van der Waals surface area contributed by atoms with Gasteiger partial charge >= 0.3 is 5.69 Å². The maximum atomic E-state index is 12.4. The van der Waals surface area contributed by atoms with Gasteiger partial charge in [0.25, 0.3) is 5.56 Å². The van der Waals surface area contributed by atoms with Crippen LogP contribution in [0, 0.1) is 6.92 Å². The molecule has 0 saturated carbocycles. The second-order valence-electron chi connectivity index (χ2n) is 9.50. The summed E-state index contributed by atoms with van der Waals surface area (Å²) in [6, 6.07) is 28.2. The first-order valence-corrected chi connectivity index (χ1v) is 12.6. The standard InChI is InChI=1S/C30H31N3O5/c1-20-19-33(29(36)32-28(20)35)27-17-25(34)26(38-27)18-31-30(21-9-5-3-6-10-21,22-11-7-4-8-12-22)23-13-15-24(37-2)16-14-23/h3-16,19,25-27,31,34H,17-18H2,1-2H3,(H,32,35,36)/t25-,26+,27+/m0/s1. The van der Waals surface area contributed by atoms with E-state index in [1.54, 1.807) is 14.0 Å². The fourth-order valence-electron chi connectivity index (χ4n) is 5.15. The Morgan fingerprint density at radius 2 is 1.55 bits per heavy atom. The number of H-pyrrole nitrogens is 1. The molecule has 0 unspecified atom stereocenters. The molecule has 1 fully saturated rings. The Kier molecular flexibility index (Phi) is 7.28. The predicted molar refractivity (Wildman–Crippen MR) is 144 cm³/mol. The first kappa shape index (κ1) is 25.7. The molecule has 0 spiro atoms. The molecular weight excluding hydrogens is 482 g/mol. The third kappa shape index (κ3) is 4.81. The third-order valence-corrected chi connectivity index (χ3v) is 7.17. The van der Waals surface area contributed by atoms with Gasteiger partial charge in [-0.2, -0.15) is 0 Å². The van der Waals surface area contributed by atoms with Crippen LogP contribution in [0.25, 0.3) is 0 Å². The SMILES string of the molecule is COc1ccc(C(NC[C@H]2O[C@@H](n3cc(C)c(=O)[nH]c3=O)C[C@@H]2O)(c2ccccc2)c2ccccc2)cc1. The van der Waals surface area contributed by atoms with Gasteiger partial charge in [0, 0.05) is 24.7 Å². The predicted octanol–water partition coefficient (Wildman–Crippen LogP) is 3.08. The summed E-state index contributed by atoms with van der Waals surface area (Å²) in [5.74, 6) is 0.753. The summed E-state index contributed by atoms with van der Waals surface area (Å²) in [4.78, 5) is 26.6. The van der Waals surface area contributed by atoms with Crippen LogP contribution in [0.1, 0.15) is 34.9 Å². The van der Waals surface area contributed by atoms with E-state index < -0.39 is 35.2 Å². The number of benzene rings is 3. The van der Waals surface area contributed by atoms with Crippen LogP contribution >= 0.6 is 0 Å². The second kappa shape index (κ2) is 10.8. The van der Waals surface area contributed by atoms with Gasteiger partial charge in [0.05, 0.1) is 24.9 Å². The van der Waals surface area contributed by atoms with Crippen LogP contribution < -0.4 is 21.3 Å². The summed E-state index contributed by atoms with van der Waals surface area (Å²) in [6.07, 6.45) is -0.395. The highest BCUT2D eigenvalue weighted by atomic mass is 16.5. The highest BCUT2D eigenvalue weighted by molar-refractivity contribution is 5.50. The van der Waals surface area contributed by atoms with E-state index in [9.17, 15) is 14.7 Å². The topological polar surface area (TPSA) is 106 Å². The lowest BCUT2D eigenvalue weighted by atomic mass is 9.77. The fraction of sp³-hybridized carbons (Fsp3) is 0.267. The van der Waals surface area contributed by atoms with Crippen molar-refractivity contribution in [3.63, 3.8) is 0 Å². The minimum absolute atomic E-state index is 0.226. The van der Waals surface area contributed by atoms with Gasteiger partial charge in [-0.3, -0.25) is 19.7 Å². The molecule has 1 aliphatic rings. The van der Waals surface area contributed by atoms with E-state index in [1.807, 2.05) is 60.7 Å². The highest BCUT2D eigenvalue weighted by Gasteiger charge is 2.40. The maximum Gasteiger partial charge on any atom is 0.330 e. The highest BCUT2D eigenvalue weighted by Crippen LogP contribution is 2.38. The summed E-state index contributed by atoms with van der Waals surface area (Å²) in [5, 5.41) is 14.7. The van der Waals surface area contributed by atoms with E-state index in [-0.39, 0.29) is 6.42 Å². The molecule has 3 aromatic carbocycles. The van der Waals surface area contributed by atoms with Gasteiger partial charge in [0.2, 0.25) is 0 Å². The van der Waals surface area contributed by atoms with Gasteiger partial charge in [-0.05, 0) is 35.7 Å². The lowest BCUT2D eigenvalue weighted by Gasteiger charge is -2.38. The molecule has 8 heteroatoms. The van der Waals surface area contributed by atoms with Gasteiger partial charge in [-0.15, -0.1) is 0 Å². The number of rotatable bonds is 8. The molecule has 1 aromatic heterocycles. The number of aliphatic hydroxyl groups excluding tert-OH is 1. The van der Waals surface area contributed by atoms with Crippen LogP contribution in [0.15, 0.2) is 101 Å². The van der Waals surface area contributed by atoms with Crippen molar-refractivity contribution in [3.8, 4) is 5.75 Å².